The number of aryl methyl sites for hydroxylation is 2. The summed E-state index contributed by atoms with van der Waals surface area (Å²) in [5.74, 6) is 2.17. The van der Waals surface area contributed by atoms with Gasteiger partial charge in [0.25, 0.3) is 0 Å². The number of benzene rings is 1. The van der Waals surface area contributed by atoms with Crippen molar-refractivity contribution in [3.05, 3.63) is 28.8 Å². The SMILES string of the molecule is CC(=O)[C@H]1CCC2C3CCc4cc(O)cc(C)c4C3C(=O)CC21. The molecule has 3 aliphatic carbocycles. The number of phenolic OH excluding ortho intramolecular Hbond substituents is 1. The lowest BCUT2D eigenvalue weighted by Crippen LogP contribution is -2.42. The standard InChI is InChI=1S/C20H24O3/c1-10-7-13(22)8-12-3-4-16-15-6-5-14(11(2)21)17(15)9-18(23)20(16)19(10)12/h7-8,14-17,20,22H,3-6,9H2,1-2H3/t14-,15?,16?,17?,20?/m1/s1. The van der Waals surface area contributed by atoms with Gasteiger partial charge in [-0.15, -0.1) is 0 Å². The van der Waals surface area contributed by atoms with Gasteiger partial charge in [0.2, 0.25) is 0 Å². The number of phenols is 1. The third-order valence-electron chi connectivity index (χ3n) is 6.68. The number of carbonyl (C=O) groups excluding carboxylic acids is 2. The topological polar surface area (TPSA) is 54.4 Å². The van der Waals surface area contributed by atoms with Gasteiger partial charge in [0.05, 0.1) is 0 Å². The zero-order valence-electron chi connectivity index (χ0n) is 13.8. The molecule has 0 radical (unpaired) electrons. The second-order valence-electron chi connectivity index (χ2n) is 7.81. The summed E-state index contributed by atoms with van der Waals surface area (Å²) in [4.78, 5) is 24.9. The lowest BCUT2D eigenvalue weighted by molar-refractivity contribution is -0.129. The number of aromatic hydroxyl groups is 1. The Bertz CT molecular complexity index is 690. The van der Waals surface area contributed by atoms with E-state index in [4.69, 9.17) is 0 Å². The molecule has 5 atom stereocenters. The quantitative estimate of drug-likeness (QED) is 0.863. The Hall–Kier alpha value is -1.64. The van der Waals surface area contributed by atoms with E-state index in [2.05, 4.69) is 0 Å². The highest BCUT2D eigenvalue weighted by molar-refractivity contribution is 5.90. The number of hydrogen-bond acceptors (Lipinski definition) is 3. The fraction of sp³-hybridized carbons (Fsp3) is 0.600. The predicted octanol–water partition coefficient (Wildman–Crippen LogP) is 3.55. The molecule has 3 heteroatoms. The molecule has 2 fully saturated rings. The molecule has 0 bridgehead atoms. The van der Waals surface area contributed by atoms with Crippen molar-refractivity contribution in [1.29, 1.82) is 0 Å². The highest BCUT2D eigenvalue weighted by Crippen LogP contribution is 2.56. The first-order valence-corrected chi connectivity index (χ1v) is 8.83. The number of rotatable bonds is 1. The van der Waals surface area contributed by atoms with Gasteiger partial charge in [-0.25, -0.2) is 0 Å². The van der Waals surface area contributed by atoms with E-state index in [0.717, 1.165) is 36.8 Å². The molecule has 1 N–H and O–H groups in total. The molecule has 0 heterocycles. The molecule has 4 rings (SSSR count). The maximum Gasteiger partial charge on any atom is 0.140 e. The highest BCUT2D eigenvalue weighted by Gasteiger charge is 2.52. The molecule has 1 aromatic carbocycles. The normalized spacial score (nSPS) is 35.4. The first kappa shape index (κ1) is 14.9. The van der Waals surface area contributed by atoms with Gasteiger partial charge < -0.3 is 5.11 Å². The predicted molar refractivity (Wildman–Crippen MR) is 87.4 cm³/mol. The van der Waals surface area contributed by atoms with Crippen LogP contribution in [0.5, 0.6) is 5.75 Å². The maximum absolute atomic E-state index is 13.0. The van der Waals surface area contributed by atoms with Crippen molar-refractivity contribution in [2.45, 2.75) is 51.9 Å². The van der Waals surface area contributed by atoms with E-state index in [0.29, 0.717) is 29.8 Å². The molecule has 0 aromatic heterocycles. The van der Waals surface area contributed by atoms with Crippen LogP contribution in [0.2, 0.25) is 0 Å². The van der Waals surface area contributed by atoms with Gasteiger partial charge in [-0.2, -0.15) is 0 Å². The minimum atomic E-state index is -0.00805. The van der Waals surface area contributed by atoms with Crippen LogP contribution in [0.1, 0.15) is 55.2 Å². The Kier molecular flexibility index (Phi) is 3.36. The summed E-state index contributed by atoms with van der Waals surface area (Å²) >= 11 is 0. The van der Waals surface area contributed by atoms with Crippen molar-refractivity contribution in [3.8, 4) is 5.75 Å². The average molecular weight is 312 g/mol. The molecule has 3 nitrogen and oxygen atoms in total. The lowest BCUT2D eigenvalue weighted by atomic mass is 9.58. The number of ketones is 2. The zero-order valence-corrected chi connectivity index (χ0v) is 13.8. The second kappa shape index (κ2) is 5.19. The van der Waals surface area contributed by atoms with Crippen LogP contribution in [0.15, 0.2) is 12.1 Å². The number of Topliss-reactive ketones (excluding diaryl/α,β-unsaturated/α-hetero) is 2. The summed E-state index contributed by atoms with van der Waals surface area (Å²) in [7, 11) is 0. The largest absolute Gasteiger partial charge is 0.508 e. The number of carbonyl (C=O) groups is 2. The van der Waals surface area contributed by atoms with Crippen LogP contribution in [0, 0.1) is 30.6 Å². The molecular formula is C20H24O3. The molecule has 2 saturated carbocycles. The van der Waals surface area contributed by atoms with Crippen LogP contribution >= 0.6 is 0 Å². The monoisotopic (exact) mass is 312 g/mol. The molecule has 0 spiro atoms. The van der Waals surface area contributed by atoms with E-state index in [1.54, 1.807) is 13.0 Å². The Morgan fingerprint density at radius 3 is 2.65 bits per heavy atom. The lowest BCUT2D eigenvalue weighted by Gasteiger charge is -2.44. The number of fused-ring (bicyclic) bond motifs is 5. The summed E-state index contributed by atoms with van der Waals surface area (Å²) in [5, 5.41) is 9.85. The molecule has 23 heavy (non-hydrogen) atoms. The van der Waals surface area contributed by atoms with Crippen molar-refractivity contribution in [2.24, 2.45) is 23.7 Å². The molecule has 4 unspecified atom stereocenters. The Morgan fingerprint density at radius 2 is 1.91 bits per heavy atom. The van der Waals surface area contributed by atoms with Crippen molar-refractivity contribution in [2.75, 3.05) is 0 Å². The van der Waals surface area contributed by atoms with Gasteiger partial charge in [0.15, 0.2) is 0 Å². The third-order valence-corrected chi connectivity index (χ3v) is 6.68. The van der Waals surface area contributed by atoms with Gasteiger partial charge in [-0.3, -0.25) is 9.59 Å². The Balaban J connectivity index is 1.75. The van der Waals surface area contributed by atoms with Gasteiger partial charge in [-0.05, 0) is 86.1 Å². The molecule has 3 aliphatic rings. The van der Waals surface area contributed by atoms with Crippen LogP contribution in [0.25, 0.3) is 0 Å². The zero-order chi connectivity index (χ0) is 16.3. The molecule has 122 valence electrons. The highest BCUT2D eigenvalue weighted by atomic mass is 16.3. The first-order valence-electron chi connectivity index (χ1n) is 8.83. The molecular weight excluding hydrogens is 288 g/mol. The van der Waals surface area contributed by atoms with Crippen LogP contribution in [-0.2, 0) is 16.0 Å². The summed E-state index contributed by atoms with van der Waals surface area (Å²) in [6.07, 6.45) is 4.57. The van der Waals surface area contributed by atoms with Crippen molar-refractivity contribution in [3.63, 3.8) is 0 Å². The first-order chi connectivity index (χ1) is 11.0. The van der Waals surface area contributed by atoms with Gasteiger partial charge in [-0.1, -0.05) is 0 Å². The van der Waals surface area contributed by atoms with E-state index in [1.165, 1.54) is 5.56 Å². The van der Waals surface area contributed by atoms with E-state index >= 15 is 0 Å². The number of hydrogen-bond donors (Lipinski definition) is 1. The summed E-state index contributed by atoms with van der Waals surface area (Å²) in [6.45, 7) is 3.69. The smallest absolute Gasteiger partial charge is 0.140 e. The minimum Gasteiger partial charge on any atom is -0.508 e. The van der Waals surface area contributed by atoms with Gasteiger partial charge >= 0.3 is 0 Å². The average Bonchev–Trinajstić information content (AvgIpc) is 2.90. The summed E-state index contributed by atoms with van der Waals surface area (Å²) < 4.78 is 0. The summed E-state index contributed by atoms with van der Waals surface area (Å²) in [6, 6.07) is 3.62. The fourth-order valence-electron chi connectivity index (χ4n) is 5.85. The maximum atomic E-state index is 13.0. The summed E-state index contributed by atoms with van der Waals surface area (Å²) in [5.41, 5.74) is 3.37. The minimum absolute atomic E-state index is 0.00805. The third kappa shape index (κ3) is 2.16. The van der Waals surface area contributed by atoms with Crippen molar-refractivity contribution >= 4 is 11.6 Å². The molecule has 0 amide bonds. The van der Waals surface area contributed by atoms with Crippen molar-refractivity contribution in [1.82, 2.24) is 0 Å². The van der Waals surface area contributed by atoms with E-state index in [1.807, 2.05) is 13.0 Å². The van der Waals surface area contributed by atoms with Crippen LogP contribution in [0.4, 0.5) is 0 Å². The Morgan fingerprint density at radius 1 is 1.13 bits per heavy atom. The van der Waals surface area contributed by atoms with Crippen molar-refractivity contribution < 1.29 is 14.7 Å². The molecule has 1 aromatic rings. The Labute approximate surface area is 137 Å². The van der Waals surface area contributed by atoms with E-state index in [9.17, 15) is 14.7 Å². The molecule has 0 saturated heterocycles. The van der Waals surface area contributed by atoms with Crippen LogP contribution < -0.4 is 0 Å². The van der Waals surface area contributed by atoms with E-state index in [-0.39, 0.29) is 23.5 Å². The van der Waals surface area contributed by atoms with Crippen LogP contribution in [-0.4, -0.2) is 16.7 Å². The van der Waals surface area contributed by atoms with E-state index < -0.39 is 0 Å². The van der Waals surface area contributed by atoms with Gasteiger partial charge in [0.1, 0.15) is 17.3 Å². The van der Waals surface area contributed by atoms with Gasteiger partial charge in [0, 0.05) is 18.3 Å². The second-order valence-corrected chi connectivity index (χ2v) is 7.81. The molecule has 0 aliphatic heterocycles. The van der Waals surface area contributed by atoms with Crippen LogP contribution in [0.3, 0.4) is 0 Å². The fourth-order valence-corrected chi connectivity index (χ4v) is 5.85.